The molecule has 0 aromatic heterocycles. The molecule has 0 heterocycles. The van der Waals surface area contributed by atoms with Crippen LogP contribution in [0.3, 0.4) is 0 Å². The summed E-state index contributed by atoms with van der Waals surface area (Å²) in [7, 11) is -4.78. The van der Waals surface area contributed by atoms with Gasteiger partial charge < -0.3 is 10.2 Å². The van der Waals surface area contributed by atoms with E-state index in [1.807, 2.05) is 0 Å². The molecule has 0 unspecified atom stereocenters. The predicted octanol–water partition coefficient (Wildman–Crippen LogP) is -2.67. The summed E-state index contributed by atoms with van der Waals surface area (Å²) in [6.07, 6.45) is 0. The number of rotatable bonds is 3. The van der Waals surface area contributed by atoms with E-state index in [0.29, 0.717) is 6.07 Å². The van der Waals surface area contributed by atoms with Crippen molar-refractivity contribution in [2.75, 3.05) is 0 Å². The first-order chi connectivity index (χ1) is 7.23. The van der Waals surface area contributed by atoms with E-state index in [1.165, 1.54) is 0 Å². The van der Waals surface area contributed by atoms with Gasteiger partial charge in [0.25, 0.3) is 10.1 Å². The minimum atomic E-state index is -4.78. The minimum Gasteiger partial charge on any atom is -0.478 e. The van der Waals surface area contributed by atoms with Gasteiger partial charge in [0.15, 0.2) is 0 Å². The summed E-state index contributed by atoms with van der Waals surface area (Å²) < 4.78 is 30.4. The zero-order valence-electron chi connectivity index (χ0n) is 8.61. The van der Waals surface area contributed by atoms with Gasteiger partial charge in [-0.3, -0.25) is 4.55 Å². The molecule has 0 aliphatic carbocycles. The third-order valence-corrected chi connectivity index (χ3v) is 2.63. The standard InChI is InChI=1S/C8H6O7S.K/c9-7(10)4-1-2-5(8(11)12)6(3-4)16(13,14)15;/h1-3H,(H,9,10)(H,11,12)(H,13,14,15);/q;+1. The second-order valence-corrected chi connectivity index (χ2v) is 4.19. The minimum absolute atomic E-state index is 0. The third-order valence-electron chi connectivity index (χ3n) is 1.74. The maximum Gasteiger partial charge on any atom is 1.00 e. The van der Waals surface area contributed by atoms with E-state index in [2.05, 4.69) is 0 Å². The Morgan fingerprint density at radius 3 is 1.94 bits per heavy atom. The van der Waals surface area contributed by atoms with Crippen molar-refractivity contribution in [3.8, 4) is 0 Å². The van der Waals surface area contributed by atoms with Crippen molar-refractivity contribution in [3.63, 3.8) is 0 Å². The van der Waals surface area contributed by atoms with Gasteiger partial charge in [0, 0.05) is 0 Å². The van der Waals surface area contributed by atoms with Gasteiger partial charge in [-0.15, -0.1) is 0 Å². The first-order valence-electron chi connectivity index (χ1n) is 3.81. The molecule has 0 aliphatic heterocycles. The van der Waals surface area contributed by atoms with E-state index in [1.54, 1.807) is 0 Å². The quantitative estimate of drug-likeness (QED) is 0.408. The molecule has 0 aliphatic rings. The number of carboxylic acid groups (broad SMARTS) is 2. The maximum atomic E-state index is 10.8. The second kappa shape index (κ2) is 6.04. The van der Waals surface area contributed by atoms with Crippen LogP contribution >= 0.6 is 0 Å². The summed E-state index contributed by atoms with van der Waals surface area (Å²) in [5, 5.41) is 17.2. The molecular weight excluding hydrogens is 279 g/mol. The van der Waals surface area contributed by atoms with Crippen molar-refractivity contribution in [1.82, 2.24) is 0 Å². The molecule has 0 saturated heterocycles. The van der Waals surface area contributed by atoms with Crippen LogP contribution in [0.15, 0.2) is 23.1 Å². The first-order valence-corrected chi connectivity index (χ1v) is 5.25. The Morgan fingerprint density at radius 1 is 1.06 bits per heavy atom. The molecule has 86 valence electrons. The summed E-state index contributed by atoms with van der Waals surface area (Å²) in [6.45, 7) is 0. The Morgan fingerprint density at radius 2 is 1.59 bits per heavy atom. The molecule has 0 fully saturated rings. The Bertz CT molecular complexity index is 563. The van der Waals surface area contributed by atoms with Gasteiger partial charge in [-0.1, -0.05) is 0 Å². The zero-order chi connectivity index (χ0) is 12.5. The molecule has 0 saturated carbocycles. The molecule has 0 atom stereocenters. The van der Waals surface area contributed by atoms with E-state index in [0.717, 1.165) is 12.1 Å². The molecule has 7 nitrogen and oxygen atoms in total. The number of carboxylic acids is 2. The average molecular weight is 285 g/mol. The van der Waals surface area contributed by atoms with E-state index < -0.39 is 38.1 Å². The average Bonchev–Trinajstić information content (AvgIpc) is 2.15. The zero-order valence-corrected chi connectivity index (χ0v) is 12.6. The van der Waals surface area contributed by atoms with Crippen molar-refractivity contribution in [3.05, 3.63) is 29.3 Å². The molecule has 0 radical (unpaired) electrons. The van der Waals surface area contributed by atoms with E-state index >= 15 is 0 Å². The molecule has 3 N–H and O–H groups in total. The fourth-order valence-corrected chi connectivity index (χ4v) is 1.75. The number of carbonyl (C=O) groups is 2. The molecule has 0 bridgehead atoms. The molecule has 1 rings (SSSR count). The Hall–Kier alpha value is -0.294. The molecule has 0 amide bonds. The van der Waals surface area contributed by atoms with Gasteiger partial charge in [0.1, 0.15) is 4.90 Å². The van der Waals surface area contributed by atoms with Gasteiger partial charge in [-0.2, -0.15) is 8.42 Å². The Balaban J connectivity index is 0.00000256. The molecule has 0 spiro atoms. The van der Waals surface area contributed by atoms with Crippen LogP contribution in [-0.2, 0) is 10.1 Å². The molecule has 1 aromatic rings. The second-order valence-electron chi connectivity index (χ2n) is 2.80. The van der Waals surface area contributed by atoms with Crippen LogP contribution in [0.4, 0.5) is 0 Å². The van der Waals surface area contributed by atoms with Crippen molar-refractivity contribution >= 4 is 22.1 Å². The third kappa shape index (κ3) is 4.14. The van der Waals surface area contributed by atoms with Crippen LogP contribution in [0, 0.1) is 0 Å². The molecule has 17 heavy (non-hydrogen) atoms. The number of benzene rings is 1. The van der Waals surface area contributed by atoms with Crippen molar-refractivity contribution in [2.45, 2.75) is 4.90 Å². The normalized spacial score (nSPS) is 10.4. The van der Waals surface area contributed by atoms with Gasteiger partial charge >= 0.3 is 63.3 Å². The number of hydrogen-bond acceptors (Lipinski definition) is 4. The van der Waals surface area contributed by atoms with Crippen molar-refractivity contribution in [1.29, 1.82) is 0 Å². The van der Waals surface area contributed by atoms with Crippen molar-refractivity contribution < 1.29 is 84.2 Å². The van der Waals surface area contributed by atoms with Gasteiger partial charge in [-0.25, -0.2) is 9.59 Å². The smallest absolute Gasteiger partial charge is 0.478 e. The van der Waals surface area contributed by atoms with Crippen molar-refractivity contribution in [2.24, 2.45) is 0 Å². The summed E-state index contributed by atoms with van der Waals surface area (Å²) in [4.78, 5) is 20.2. The summed E-state index contributed by atoms with van der Waals surface area (Å²) >= 11 is 0. The van der Waals surface area contributed by atoms with E-state index in [4.69, 9.17) is 14.8 Å². The largest absolute Gasteiger partial charge is 1.00 e. The van der Waals surface area contributed by atoms with E-state index in [9.17, 15) is 18.0 Å². The Labute approximate surface area is 139 Å². The molecule has 9 heteroatoms. The van der Waals surface area contributed by atoms with Gasteiger partial charge in [0.05, 0.1) is 11.1 Å². The van der Waals surface area contributed by atoms with Crippen LogP contribution < -0.4 is 51.4 Å². The SMILES string of the molecule is O=C(O)c1ccc(C(=O)O)c(S(=O)(=O)O)c1.[K+]. The fourth-order valence-electron chi connectivity index (χ4n) is 1.05. The number of aromatic carboxylic acids is 2. The summed E-state index contributed by atoms with van der Waals surface area (Å²) in [6, 6.07) is 2.32. The molecular formula is C8H6KO7S+. The summed E-state index contributed by atoms with van der Waals surface area (Å²) in [5.74, 6) is -3.01. The maximum absolute atomic E-state index is 10.8. The topological polar surface area (TPSA) is 129 Å². The van der Waals surface area contributed by atoms with Crippen LogP contribution in [0.1, 0.15) is 20.7 Å². The van der Waals surface area contributed by atoms with Crippen LogP contribution in [0.2, 0.25) is 0 Å². The molecule has 1 aromatic carbocycles. The van der Waals surface area contributed by atoms with Gasteiger partial charge in [0.2, 0.25) is 0 Å². The van der Waals surface area contributed by atoms with E-state index in [-0.39, 0.29) is 51.4 Å². The summed E-state index contributed by atoms with van der Waals surface area (Å²) in [5.41, 5.74) is -1.12. The Kier molecular flexibility index (Phi) is 5.94. The van der Waals surface area contributed by atoms with Crippen LogP contribution in [0.25, 0.3) is 0 Å². The number of hydrogen-bond donors (Lipinski definition) is 3. The fraction of sp³-hybridized carbons (Fsp3) is 0. The monoisotopic (exact) mass is 285 g/mol. The van der Waals surface area contributed by atoms with Gasteiger partial charge in [-0.05, 0) is 18.2 Å². The first kappa shape index (κ1) is 16.7. The van der Waals surface area contributed by atoms with Crippen LogP contribution in [-0.4, -0.2) is 35.1 Å². The predicted molar refractivity (Wildman–Crippen MR) is 50.2 cm³/mol. The van der Waals surface area contributed by atoms with Crippen LogP contribution in [0.5, 0.6) is 0 Å².